The van der Waals surface area contributed by atoms with E-state index in [1.165, 1.54) is 6.07 Å². The maximum Gasteiger partial charge on any atom is 0.269 e. The first-order valence-electron chi connectivity index (χ1n) is 6.59. The number of hydrogen-bond donors (Lipinski definition) is 0. The van der Waals surface area contributed by atoms with Crippen LogP contribution in [0.2, 0.25) is 5.02 Å². The Labute approximate surface area is 127 Å². The summed E-state index contributed by atoms with van der Waals surface area (Å²) in [6, 6.07) is 8.23. The van der Waals surface area contributed by atoms with Crippen molar-refractivity contribution in [1.29, 1.82) is 0 Å². The normalized spacial score (nSPS) is 10.4. The lowest BCUT2D eigenvalue weighted by Crippen LogP contribution is -2.28. The molecule has 21 heavy (non-hydrogen) atoms. The van der Waals surface area contributed by atoms with E-state index in [0.29, 0.717) is 10.6 Å². The highest BCUT2D eigenvalue weighted by Gasteiger charge is 2.12. The Hall–Kier alpha value is -2.14. The molecule has 1 aromatic heterocycles. The first-order chi connectivity index (χ1) is 10.0. The van der Waals surface area contributed by atoms with Crippen LogP contribution in [-0.2, 0) is 6.54 Å². The predicted octanol–water partition coefficient (Wildman–Crippen LogP) is 2.24. The largest absolute Gasteiger partial charge is 0.373 e. The van der Waals surface area contributed by atoms with Gasteiger partial charge in [0.05, 0.1) is 16.9 Å². The van der Waals surface area contributed by atoms with E-state index in [9.17, 15) is 9.59 Å². The molecule has 0 radical (unpaired) electrons. The minimum atomic E-state index is -0.312. The van der Waals surface area contributed by atoms with Gasteiger partial charge in [-0.05, 0) is 19.1 Å². The molecule has 0 N–H and O–H groups in total. The number of aromatic nitrogens is 2. The maximum absolute atomic E-state index is 12.2. The fourth-order valence-corrected chi connectivity index (χ4v) is 2.08. The summed E-state index contributed by atoms with van der Waals surface area (Å²) in [5.41, 5.74) is 0.805. The molecule has 1 heterocycles. The molecule has 1 aromatic carbocycles. The molecule has 0 unspecified atom stereocenters. The molecule has 5 nitrogen and oxygen atoms in total. The molecule has 0 aliphatic rings. The SMILES string of the molecule is CCN(C)c1cnn(CC(=O)c2ccccc2Cl)c(=O)c1. The topological polar surface area (TPSA) is 55.2 Å². The molecular formula is C15H16ClN3O2. The van der Waals surface area contributed by atoms with Crippen molar-refractivity contribution < 1.29 is 4.79 Å². The lowest BCUT2D eigenvalue weighted by molar-refractivity contribution is 0.0966. The van der Waals surface area contributed by atoms with Crippen molar-refractivity contribution in [2.45, 2.75) is 13.5 Å². The van der Waals surface area contributed by atoms with Gasteiger partial charge in [0, 0.05) is 25.2 Å². The van der Waals surface area contributed by atoms with E-state index in [0.717, 1.165) is 16.9 Å². The Kier molecular flexibility index (Phi) is 4.75. The van der Waals surface area contributed by atoms with Gasteiger partial charge in [-0.15, -0.1) is 0 Å². The highest BCUT2D eigenvalue weighted by molar-refractivity contribution is 6.33. The van der Waals surface area contributed by atoms with Gasteiger partial charge in [0.15, 0.2) is 5.78 Å². The number of nitrogens with zero attached hydrogens (tertiary/aromatic N) is 3. The molecule has 110 valence electrons. The van der Waals surface area contributed by atoms with Gasteiger partial charge in [-0.1, -0.05) is 23.7 Å². The molecule has 0 spiro atoms. The van der Waals surface area contributed by atoms with Crippen molar-refractivity contribution in [2.24, 2.45) is 0 Å². The summed E-state index contributed by atoms with van der Waals surface area (Å²) in [7, 11) is 1.87. The van der Waals surface area contributed by atoms with Crippen molar-refractivity contribution in [1.82, 2.24) is 9.78 Å². The van der Waals surface area contributed by atoms with E-state index < -0.39 is 0 Å². The highest BCUT2D eigenvalue weighted by Crippen LogP contribution is 2.15. The predicted molar refractivity (Wildman–Crippen MR) is 83.2 cm³/mol. The first-order valence-corrected chi connectivity index (χ1v) is 6.96. The molecule has 0 aliphatic carbocycles. The molecular weight excluding hydrogens is 290 g/mol. The Balaban J connectivity index is 2.23. The minimum absolute atomic E-state index is 0.126. The zero-order chi connectivity index (χ0) is 15.4. The summed E-state index contributed by atoms with van der Waals surface area (Å²) in [6.07, 6.45) is 1.57. The van der Waals surface area contributed by atoms with Crippen LogP contribution in [-0.4, -0.2) is 29.2 Å². The summed E-state index contributed by atoms with van der Waals surface area (Å²) in [6.45, 7) is 2.62. The molecule has 0 atom stereocenters. The second-order valence-corrected chi connectivity index (χ2v) is 5.03. The van der Waals surface area contributed by atoms with E-state index in [4.69, 9.17) is 11.6 Å². The van der Waals surface area contributed by atoms with Crippen molar-refractivity contribution in [2.75, 3.05) is 18.5 Å². The zero-order valence-corrected chi connectivity index (χ0v) is 12.7. The number of hydrogen-bond acceptors (Lipinski definition) is 4. The molecule has 0 saturated carbocycles. The van der Waals surface area contributed by atoms with Crippen LogP contribution in [0, 0.1) is 0 Å². The second-order valence-electron chi connectivity index (χ2n) is 4.63. The van der Waals surface area contributed by atoms with Crippen molar-refractivity contribution >= 4 is 23.1 Å². The summed E-state index contributed by atoms with van der Waals surface area (Å²) in [4.78, 5) is 26.1. The highest BCUT2D eigenvalue weighted by atomic mass is 35.5. The number of anilines is 1. The second kappa shape index (κ2) is 6.54. The minimum Gasteiger partial charge on any atom is -0.373 e. The van der Waals surface area contributed by atoms with E-state index in [-0.39, 0.29) is 17.9 Å². The number of halogens is 1. The molecule has 0 fully saturated rings. The van der Waals surface area contributed by atoms with Crippen molar-refractivity contribution in [3.63, 3.8) is 0 Å². The number of rotatable bonds is 5. The third-order valence-corrected chi connectivity index (χ3v) is 3.57. The van der Waals surface area contributed by atoms with E-state index in [1.807, 2.05) is 18.9 Å². The van der Waals surface area contributed by atoms with Gasteiger partial charge < -0.3 is 4.90 Å². The molecule has 0 amide bonds. The van der Waals surface area contributed by atoms with Gasteiger partial charge >= 0.3 is 0 Å². The molecule has 2 aromatic rings. The third-order valence-electron chi connectivity index (χ3n) is 3.24. The number of carbonyl (C=O) groups excluding carboxylic acids is 1. The molecule has 0 saturated heterocycles. The van der Waals surface area contributed by atoms with Crippen LogP contribution in [0.15, 0.2) is 41.3 Å². The van der Waals surface area contributed by atoms with E-state index >= 15 is 0 Å². The summed E-state index contributed by atoms with van der Waals surface area (Å²) >= 11 is 5.98. The lowest BCUT2D eigenvalue weighted by Gasteiger charge is -2.16. The van der Waals surface area contributed by atoms with Crippen LogP contribution in [0.25, 0.3) is 0 Å². The van der Waals surface area contributed by atoms with Crippen molar-refractivity contribution in [3.8, 4) is 0 Å². The standard InChI is InChI=1S/C15H16ClN3O2/c1-3-18(2)11-8-15(21)19(17-9-11)10-14(20)12-6-4-5-7-13(12)16/h4-9H,3,10H2,1-2H3. The number of Topliss-reactive ketones (excluding diaryl/α,β-unsaturated/α-hetero) is 1. The Morgan fingerprint density at radius 1 is 1.38 bits per heavy atom. The van der Waals surface area contributed by atoms with Crippen LogP contribution < -0.4 is 10.5 Å². The Morgan fingerprint density at radius 3 is 2.71 bits per heavy atom. The quantitative estimate of drug-likeness (QED) is 0.795. The monoisotopic (exact) mass is 305 g/mol. The maximum atomic E-state index is 12.2. The van der Waals surface area contributed by atoms with E-state index in [2.05, 4.69) is 5.10 Å². The lowest BCUT2D eigenvalue weighted by atomic mass is 10.1. The molecule has 2 rings (SSSR count). The van der Waals surface area contributed by atoms with E-state index in [1.54, 1.807) is 30.5 Å². The third kappa shape index (κ3) is 3.49. The van der Waals surface area contributed by atoms with Gasteiger partial charge in [0.1, 0.15) is 6.54 Å². The van der Waals surface area contributed by atoms with Crippen LogP contribution in [0.5, 0.6) is 0 Å². The Morgan fingerprint density at radius 2 is 2.10 bits per heavy atom. The van der Waals surface area contributed by atoms with Gasteiger partial charge in [-0.25, -0.2) is 4.68 Å². The van der Waals surface area contributed by atoms with Gasteiger partial charge in [0.25, 0.3) is 5.56 Å². The molecule has 6 heteroatoms. The van der Waals surface area contributed by atoms with Crippen LogP contribution in [0.3, 0.4) is 0 Å². The summed E-state index contributed by atoms with van der Waals surface area (Å²) in [5.74, 6) is -0.244. The zero-order valence-electron chi connectivity index (χ0n) is 11.9. The van der Waals surface area contributed by atoms with Crippen molar-refractivity contribution in [3.05, 3.63) is 57.5 Å². The van der Waals surface area contributed by atoms with Crippen LogP contribution >= 0.6 is 11.6 Å². The fourth-order valence-electron chi connectivity index (χ4n) is 1.84. The fraction of sp³-hybridized carbons (Fsp3) is 0.267. The smallest absolute Gasteiger partial charge is 0.269 e. The number of ketones is 1. The average Bonchev–Trinajstić information content (AvgIpc) is 2.48. The first kappa shape index (κ1) is 15.3. The molecule has 0 bridgehead atoms. The van der Waals surface area contributed by atoms with Gasteiger partial charge in [-0.3, -0.25) is 9.59 Å². The van der Waals surface area contributed by atoms with Gasteiger partial charge in [0.2, 0.25) is 0 Å². The Bertz CT molecular complexity index is 712. The van der Waals surface area contributed by atoms with Gasteiger partial charge in [-0.2, -0.15) is 5.10 Å². The number of carbonyl (C=O) groups is 1. The summed E-state index contributed by atoms with van der Waals surface area (Å²) in [5, 5.41) is 4.41. The number of benzene rings is 1. The molecule has 0 aliphatic heterocycles. The van der Waals surface area contributed by atoms with Crippen LogP contribution in [0.4, 0.5) is 5.69 Å². The van der Waals surface area contributed by atoms with Crippen LogP contribution in [0.1, 0.15) is 17.3 Å². The summed E-state index contributed by atoms with van der Waals surface area (Å²) < 4.78 is 1.14. The average molecular weight is 306 g/mol.